The molecule has 0 aliphatic carbocycles. The first-order valence-corrected chi connectivity index (χ1v) is 5.82. The third-order valence-corrected chi connectivity index (χ3v) is 3.16. The molecule has 0 amide bonds. The van der Waals surface area contributed by atoms with Crippen LogP contribution in [0.15, 0.2) is 24.3 Å². The number of aliphatic hydroxyl groups excluding tert-OH is 1. The summed E-state index contributed by atoms with van der Waals surface area (Å²) in [6.45, 7) is 1.14. The first-order valence-electron chi connectivity index (χ1n) is 5.82. The van der Waals surface area contributed by atoms with Crippen LogP contribution in [0.25, 0.3) is 0 Å². The Morgan fingerprint density at radius 1 is 1.50 bits per heavy atom. The summed E-state index contributed by atoms with van der Waals surface area (Å²) in [6.07, 6.45) is 0.407. The third kappa shape index (κ3) is 2.96. The van der Waals surface area contributed by atoms with Gasteiger partial charge < -0.3 is 9.84 Å². The molecule has 1 aliphatic heterocycles. The first kappa shape index (κ1) is 12.8. The van der Waals surface area contributed by atoms with Gasteiger partial charge in [0, 0.05) is 24.7 Å². The molecule has 1 aromatic carbocycles. The Morgan fingerprint density at radius 3 is 2.67 bits per heavy atom. The maximum absolute atomic E-state index is 10.5. The van der Waals surface area contributed by atoms with Gasteiger partial charge in [-0.25, -0.2) is 0 Å². The summed E-state index contributed by atoms with van der Waals surface area (Å²) in [5.74, 6) is 0.607. The number of hydrogen-bond donors (Lipinski definition) is 1. The van der Waals surface area contributed by atoms with Gasteiger partial charge in [-0.1, -0.05) is 0 Å². The summed E-state index contributed by atoms with van der Waals surface area (Å²) in [5, 5.41) is 20.0. The van der Waals surface area contributed by atoms with Crippen LogP contribution in [0.4, 0.5) is 5.69 Å². The largest absolute Gasteiger partial charge is 0.492 e. The molecular formula is C12H16N2O4. The van der Waals surface area contributed by atoms with Crippen molar-refractivity contribution < 1.29 is 14.8 Å². The van der Waals surface area contributed by atoms with Gasteiger partial charge in [-0.2, -0.15) is 0 Å². The molecule has 98 valence electrons. The molecule has 0 radical (unpaired) electrons. The molecule has 0 bridgehead atoms. The molecule has 6 nitrogen and oxygen atoms in total. The molecule has 1 N–H and O–H groups in total. The number of non-ortho nitro benzene ring substituents is 1. The van der Waals surface area contributed by atoms with Gasteiger partial charge in [-0.15, -0.1) is 0 Å². The van der Waals surface area contributed by atoms with Crippen molar-refractivity contribution in [3.63, 3.8) is 0 Å². The van der Waals surface area contributed by atoms with Crippen LogP contribution in [0.2, 0.25) is 0 Å². The van der Waals surface area contributed by atoms with Gasteiger partial charge in [-0.3, -0.25) is 15.0 Å². The van der Waals surface area contributed by atoms with Gasteiger partial charge in [0.15, 0.2) is 0 Å². The number of rotatable bonds is 4. The van der Waals surface area contributed by atoms with E-state index in [4.69, 9.17) is 4.74 Å². The lowest BCUT2D eigenvalue weighted by Crippen LogP contribution is -2.30. The van der Waals surface area contributed by atoms with Gasteiger partial charge >= 0.3 is 0 Å². The lowest BCUT2D eigenvalue weighted by Gasteiger charge is -2.19. The minimum absolute atomic E-state index is 0.0516. The summed E-state index contributed by atoms with van der Waals surface area (Å²) in [6, 6.07) is 6.20. The van der Waals surface area contributed by atoms with E-state index in [1.807, 2.05) is 7.05 Å². The highest BCUT2D eigenvalue weighted by Crippen LogP contribution is 2.20. The highest BCUT2D eigenvalue weighted by Gasteiger charge is 2.28. The Kier molecular flexibility index (Phi) is 3.78. The Morgan fingerprint density at radius 2 is 2.17 bits per heavy atom. The molecule has 1 aromatic rings. The molecule has 2 rings (SSSR count). The summed E-state index contributed by atoms with van der Waals surface area (Å²) < 4.78 is 5.57. The van der Waals surface area contributed by atoms with E-state index in [-0.39, 0.29) is 17.8 Å². The van der Waals surface area contributed by atoms with Crippen molar-refractivity contribution in [2.45, 2.75) is 18.6 Å². The second-order valence-electron chi connectivity index (χ2n) is 4.54. The van der Waals surface area contributed by atoms with E-state index in [1.165, 1.54) is 12.1 Å². The predicted octanol–water partition coefficient (Wildman–Crippen LogP) is 1.04. The van der Waals surface area contributed by atoms with Gasteiger partial charge in [0.05, 0.1) is 11.0 Å². The smallest absolute Gasteiger partial charge is 0.269 e. The van der Waals surface area contributed by atoms with Crippen molar-refractivity contribution in [3.05, 3.63) is 34.4 Å². The maximum Gasteiger partial charge on any atom is 0.269 e. The molecule has 0 saturated carbocycles. The van der Waals surface area contributed by atoms with Crippen LogP contribution >= 0.6 is 0 Å². The highest BCUT2D eigenvalue weighted by molar-refractivity contribution is 5.35. The minimum atomic E-state index is -0.440. The zero-order valence-electron chi connectivity index (χ0n) is 10.2. The molecule has 1 aliphatic rings. The Hall–Kier alpha value is -1.66. The van der Waals surface area contributed by atoms with Crippen molar-refractivity contribution in [3.8, 4) is 5.75 Å². The fourth-order valence-electron chi connectivity index (χ4n) is 2.10. The number of β-amino-alcohol motifs (C(OH)–C–C–N with tert-alkyl or cyclic N) is 1. The average Bonchev–Trinajstić information content (AvgIpc) is 2.66. The molecule has 0 aromatic heterocycles. The zero-order valence-corrected chi connectivity index (χ0v) is 10.2. The van der Waals surface area contributed by atoms with Crippen LogP contribution in [0.5, 0.6) is 5.75 Å². The topological polar surface area (TPSA) is 75.8 Å². The molecule has 1 saturated heterocycles. The van der Waals surface area contributed by atoms with Crippen LogP contribution in [-0.2, 0) is 0 Å². The number of hydrogen-bond acceptors (Lipinski definition) is 5. The van der Waals surface area contributed by atoms with Crippen molar-refractivity contribution in [2.75, 3.05) is 20.2 Å². The van der Waals surface area contributed by atoms with Gasteiger partial charge in [-0.05, 0) is 25.6 Å². The lowest BCUT2D eigenvalue weighted by molar-refractivity contribution is -0.384. The predicted molar refractivity (Wildman–Crippen MR) is 65.6 cm³/mol. The summed E-state index contributed by atoms with van der Waals surface area (Å²) in [7, 11) is 1.94. The van der Waals surface area contributed by atoms with Crippen LogP contribution < -0.4 is 4.74 Å². The minimum Gasteiger partial charge on any atom is -0.492 e. The number of nitrogens with zero attached hydrogens (tertiary/aromatic N) is 2. The monoisotopic (exact) mass is 252 g/mol. The summed E-state index contributed by atoms with van der Waals surface area (Å²) >= 11 is 0. The van der Waals surface area contributed by atoms with E-state index in [0.717, 1.165) is 0 Å². The quantitative estimate of drug-likeness (QED) is 0.640. The second kappa shape index (κ2) is 5.32. The molecule has 6 heteroatoms. The van der Waals surface area contributed by atoms with Crippen LogP contribution in [0, 0.1) is 10.1 Å². The van der Waals surface area contributed by atoms with Crippen molar-refractivity contribution in [1.29, 1.82) is 0 Å². The molecule has 1 heterocycles. The fraction of sp³-hybridized carbons (Fsp3) is 0.500. The molecule has 0 spiro atoms. The number of likely N-dealkylation sites (tertiary alicyclic amines) is 1. The molecule has 2 atom stereocenters. The van der Waals surface area contributed by atoms with Gasteiger partial charge in [0.2, 0.25) is 0 Å². The van der Waals surface area contributed by atoms with E-state index < -0.39 is 4.92 Å². The fourth-order valence-corrected chi connectivity index (χ4v) is 2.10. The van der Waals surface area contributed by atoms with Crippen molar-refractivity contribution >= 4 is 5.69 Å². The van der Waals surface area contributed by atoms with Crippen molar-refractivity contribution in [1.82, 2.24) is 4.90 Å². The standard InChI is InChI=1S/C12H16N2O4/c1-13-7-11(15)6-10(13)8-18-12-4-2-9(3-5-12)14(16)17/h2-5,10-11,15H,6-8H2,1H3/t10-,11+/m0/s1. The zero-order chi connectivity index (χ0) is 13.1. The molecule has 0 unspecified atom stereocenters. The maximum atomic E-state index is 10.5. The lowest BCUT2D eigenvalue weighted by atomic mass is 10.2. The summed E-state index contributed by atoms with van der Waals surface area (Å²) in [5.41, 5.74) is 0.0516. The van der Waals surface area contributed by atoms with Crippen LogP contribution in [-0.4, -0.2) is 47.3 Å². The normalized spacial score (nSPS) is 24.1. The number of ether oxygens (including phenoxy) is 1. The van der Waals surface area contributed by atoms with E-state index in [1.54, 1.807) is 12.1 Å². The Balaban J connectivity index is 1.88. The second-order valence-corrected chi connectivity index (χ2v) is 4.54. The van der Waals surface area contributed by atoms with E-state index in [2.05, 4.69) is 4.90 Å². The SMILES string of the molecule is CN1C[C@H](O)C[C@H]1COc1ccc([N+](=O)[O-])cc1. The van der Waals surface area contributed by atoms with Gasteiger partial charge in [0.1, 0.15) is 12.4 Å². The highest BCUT2D eigenvalue weighted by atomic mass is 16.6. The Labute approximate surface area is 105 Å². The van der Waals surface area contributed by atoms with E-state index in [9.17, 15) is 15.2 Å². The van der Waals surface area contributed by atoms with Gasteiger partial charge in [0.25, 0.3) is 5.69 Å². The third-order valence-electron chi connectivity index (χ3n) is 3.16. The number of benzene rings is 1. The van der Waals surface area contributed by atoms with E-state index >= 15 is 0 Å². The number of aliphatic hydroxyl groups is 1. The average molecular weight is 252 g/mol. The number of nitro benzene ring substituents is 1. The molecule has 18 heavy (non-hydrogen) atoms. The van der Waals surface area contributed by atoms with Crippen LogP contribution in [0.1, 0.15) is 6.42 Å². The Bertz CT molecular complexity index is 421. The molecular weight excluding hydrogens is 236 g/mol. The molecule has 1 fully saturated rings. The van der Waals surface area contributed by atoms with E-state index in [0.29, 0.717) is 25.3 Å². The van der Waals surface area contributed by atoms with Crippen LogP contribution in [0.3, 0.4) is 0 Å². The van der Waals surface area contributed by atoms with Crippen molar-refractivity contribution in [2.24, 2.45) is 0 Å². The summed E-state index contributed by atoms with van der Waals surface area (Å²) in [4.78, 5) is 12.1. The first-order chi connectivity index (χ1) is 8.56. The number of nitro groups is 1. The number of likely N-dealkylation sites (N-methyl/N-ethyl adjacent to an activating group) is 1.